The second kappa shape index (κ2) is 4.02. The predicted octanol–water partition coefficient (Wildman–Crippen LogP) is 4.14. The lowest BCUT2D eigenvalue weighted by Crippen LogP contribution is -1.87. The molecule has 0 aliphatic rings. The van der Waals surface area contributed by atoms with E-state index < -0.39 is 0 Å². The maximum Gasteiger partial charge on any atom is 0.0474 e. The third-order valence-corrected chi connectivity index (χ3v) is 2.85. The zero-order valence-corrected chi connectivity index (χ0v) is 9.01. The molecule has 0 fully saturated rings. The monoisotopic (exact) mass is 204 g/mol. The second-order valence-electron chi connectivity index (χ2n) is 3.46. The van der Waals surface area contributed by atoms with Gasteiger partial charge >= 0.3 is 0 Å². The van der Waals surface area contributed by atoms with Gasteiger partial charge in [-0.05, 0) is 34.4 Å². The molecule has 0 saturated heterocycles. The zero-order chi connectivity index (χ0) is 9.97. The molecule has 2 rings (SSSR count). The fourth-order valence-corrected chi connectivity index (χ4v) is 1.98. The van der Waals surface area contributed by atoms with Gasteiger partial charge in [-0.3, -0.25) is 0 Å². The summed E-state index contributed by atoms with van der Waals surface area (Å²) in [5, 5.41) is 2.64. The zero-order valence-electron chi connectivity index (χ0n) is 8.26. The number of alkyl halides is 1. The summed E-state index contributed by atoms with van der Waals surface area (Å²) in [6.07, 6.45) is 1.06. The van der Waals surface area contributed by atoms with Gasteiger partial charge in [0.05, 0.1) is 0 Å². The molecule has 14 heavy (non-hydrogen) atoms. The van der Waals surface area contributed by atoms with E-state index in [1.54, 1.807) is 0 Å². The minimum absolute atomic E-state index is 0.595. The van der Waals surface area contributed by atoms with Crippen molar-refractivity contribution in [2.24, 2.45) is 0 Å². The van der Waals surface area contributed by atoms with E-state index in [4.69, 9.17) is 11.6 Å². The number of benzene rings is 2. The standard InChI is InChI=1S/C13H13Cl/c1-2-11-7-10(9-14)8-12-5-3-4-6-13(11)12/h3-8H,2,9H2,1H3. The van der Waals surface area contributed by atoms with Crippen LogP contribution in [0.5, 0.6) is 0 Å². The van der Waals surface area contributed by atoms with E-state index in [0.29, 0.717) is 5.88 Å². The Labute approximate surface area is 89.5 Å². The molecule has 0 saturated carbocycles. The highest BCUT2D eigenvalue weighted by molar-refractivity contribution is 6.17. The lowest BCUT2D eigenvalue weighted by atomic mass is 10.00. The highest BCUT2D eigenvalue weighted by Crippen LogP contribution is 2.22. The Balaban J connectivity index is 2.73. The molecule has 0 N–H and O–H groups in total. The van der Waals surface area contributed by atoms with Crippen molar-refractivity contribution in [1.29, 1.82) is 0 Å². The average Bonchev–Trinajstić information content (AvgIpc) is 2.27. The fraction of sp³-hybridized carbons (Fsp3) is 0.231. The molecule has 0 heterocycles. The first-order valence-corrected chi connectivity index (χ1v) is 5.45. The largest absolute Gasteiger partial charge is 0.122 e. The van der Waals surface area contributed by atoms with Crippen molar-refractivity contribution in [2.75, 3.05) is 0 Å². The highest BCUT2D eigenvalue weighted by atomic mass is 35.5. The molecule has 0 atom stereocenters. The van der Waals surface area contributed by atoms with Gasteiger partial charge in [-0.15, -0.1) is 11.6 Å². The number of aryl methyl sites for hydroxylation is 1. The summed E-state index contributed by atoms with van der Waals surface area (Å²) in [5.74, 6) is 0.595. The van der Waals surface area contributed by atoms with E-state index in [0.717, 1.165) is 6.42 Å². The second-order valence-corrected chi connectivity index (χ2v) is 3.73. The molecule has 0 aliphatic heterocycles. The van der Waals surface area contributed by atoms with Crippen molar-refractivity contribution >= 4 is 22.4 Å². The minimum Gasteiger partial charge on any atom is -0.122 e. The van der Waals surface area contributed by atoms with E-state index in [9.17, 15) is 0 Å². The number of hydrogen-bond donors (Lipinski definition) is 0. The molecule has 72 valence electrons. The normalized spacial score (nSPS) is 10.7. The van der Waals surface area contributed by atoms with E-state index >= 15 is 0 Å². The number of hydrogen-bond acceptors (Lipinski definition) is 0. The van der Waals surface area contributed by atoms with Crippen molar-refractivity contribution in [2.45, 2.75) is 19.2 Å². The fourth-order valence-electron chi connectivity index (χ4n) is 1.83. The van der Waals surface area contributed by atoms with Crippen LogP contribution in [0.2, 0.25) is 0 Å². The van der Waals surface area contributed by atoms with Crippen molar-refractivity contribution in [3.63, 3.8) is 0 Å². The van der Waals surface area contributed by atoms with E-state index in [1.165, 1.54) is 21.9 Å². The van der Waals surface area contributed by atoms with Crippen LogP contribution in [0.3, 0.4) is 0 Å². The van der Waals surface area contributed by atoms with Crippen LogP contribution in [0, 0.1) is 0 Å². The number of halogens is 1. The number of fused-ring (bicyclic) bond motifs is 1. The maximum absolute atomic E-state index is 5.86. The lowest BCUT2D eigenvalue weighted by molar-refractivity contribution is 1.15. The predicted molar refractivity (Wildman–Crippen MR) is 62.9 cm³/mol. The number of rotatable bonds is 2. The SMILES string of the molecule is CCc1cc(CCl)cc2ccccc12. The van der Waals surface area contributed by atoms with Crippen molar-refractivity contribution in [3.8, 4) is 0 Å². The van der Waals surface area contributed by atoms with E-state index in [2.05, 4.69) is 43.3 Å². The Morgan fingerprint density at radius 1 is 1.14 bits per heavy atom. The first kappa shape index (κ1) is 9.54. The summed E-state index contributed by atoms with van der Waals surface area (Å²) in [7, 11) is 0. The van der Waals surface area contributed by atoms with Crippen molar-refractivity contribution in [3.05, 3.63) is 47.5 Å². The van der Waals surface area contributed by atoms with Crippen molar-refractivity contribution < 1.29 is 0 Å². The van der Waals surface area contributed by atoms with Crippen LogP contribution < -0.4 is 0 Å². The Bertz CT molecular complexity index is 446. The summed E-state index contributed by atoms with van der Waals surface area (Å²) >= 11 is 5.86. The molecule has 0 nitrogen and oxygen atoms in total. The molecule has 0 bridgehead atoms. The molecule has 1 heteroatoms. The third kappa shape index (κ3) is 1.62. The quantitative estimate of drug-likeness (QED) is 0.645. The van der Waals surface area contributed by atoms with Crippen molar-refractivity contribution in [1.82, 2.24) is 0 Å². The molecule has 0 unspecified atom stereocenters. The van der Waals surface area contributed by atoms with Gasteiger partial charge in [0.1, 0.15) is 0 Å². The topological polar surface area (TPSA) is 0 Å². The smallest absolute Gasteiger partial charge is 0.0474 e. The molecule has 0 aliphatic carbocycles. The molecular weight excluding hydrogens is 192 g/mol. The third-order valence-electron chi connectivity index (χ3n) is 2.54. The van der Waals surface area contributed by atoms with Crippen LogP contribution in [0.15, 0.2) is 36.4 Å². The Hall–Kier alpha value is -1.01. The van der Waals surface area contributed by atoms with E-state index in [-0.39, 0.29) is 0 Å². The molecule has 0 amide bonds. The van der Waals surface area contributed by atoms with Gasteiger partial charge in [0.15, 0.2) is 0 Å². The van der Waals surface area contributed by atoms with Gasteiger partial charge in [0, 0.05) is 5.88 Å². The van der Waals surface area contributed by atoms with Gasteiger partial charge in [-0.1, -0.05) is 37.3 Å². The summed E-state index contributed by atoms with van der Waals surface area (Å²) in [6.45, 7) is 2.18. The summed E-state index contributed by atoms with van der Waals surface area (Å²) < 4.78 is 0. The van der Waals surface area contributed by atoms with Gasteiger partial charge in [0.2, 0.25) is 0 Å². The molecule has 0 spiro atoms. The van der Waals surface area contributed by atoms with Gasteiger partial charge in [-0.25, -0.2) is 0 Å². The summed E-state index contributed by atoms with van der Waals surface area (Å²) in [5.41, 5.74) is 2.60. The molecule has 2 aromatic carbocycles. The van der Waals surface area contributed by atoms with Crippen LogP contribution in [-0.2, 0) is 12.3 Å². The average molecular weight is 205 g/mol. The van der Waals surface area contributed by atoms with Crippen LogP contribution in [0.1, 0.15) is 18.1 Å². The Morgan fingerprint density at radius 3 is 2.64 bits per heavy atom. The van der Waals surface area contributed by atoms with Crippen LogP contribution >= 0.6 is 11.6 Å². The van der Waals surface area contributed by atoms with Gasteiger partial charge in [-0.2, -0.15) is 0 Å². The summed E-state index contributed by atoms with van der Waals surface area (Å²) in [4.78, 5) is 0. The van der Waals surface area contributed by atoms with Gasteiger partial charge < -0.3 is 0 Å². The highest BCUT2D eigenvalue weighted by Gasteiger charge is 2.01. The Morgan fingerprint density at radius 2 is 1.93 bits per heavy atom. The van der Waals surface area contributed by atoms with Crippen LogP contribution in [0.4, 0.5) is 0 Å². The minimum atomic E-state index is 0.595. The molecule has 0 aromatic heterocycles. The molecule has 2 aromatic rings. The first-order chi connectivity index (χ1) is 6.85. The molecular formula is C13H13Cl. The lowest BCUT2D eigenvalue weighted by Gasteiger charge is -2.06. The van der Waals surface area contributed by atoms with Crippen LogP contribution in [-0.4, -0.2) is 0 Å². The summed E-state index contributed by atoms with van der Waals surface area (Å²) in [6, 6.07) is 12.8. The van der Waals surface area contributed by atoms with E-state index in [1.807, 2.05) is 0 Å². The maximum atomic E-state index is 5.86. The van der Waals surface area contributed by atoms with Crippen LogP contribution in [0.25, 0.3) is 10.8 Å². The Kier molecular flexibility index (Phi) is 2.74. The van der Waals surface area contributed by atoms with Gasteiger partial charge in [0.25, 0.3) is 0 Å². The first-order valence-electron chi connectivity index (χ1n) is 4.91. The molecule has 0 radical (unpaired) electrons.